The molecule has 2 amide bonds. The first-order valence-corrected chi connectivity index (χ1v) is 9.11. The van der Waals surface area contributed by atoms with E-state index in [-0.39, 0.29) is 12.1 Å². The molecule has 1 aromatic carbocycles. The molecule has 2 aromatic rings. The number of rotatable bonds is 6. The molecule has 1 saturated heterocycles. The van der Waals surface area contributed by atoms with Crippen LogP contribution in [0.15, 0.2) is 41.8 Å². The molecule has 5 nitrogen and oxygen atoms in total. The van der Waals surface area contributed by atoms with E-state index in [0.29, 0.717) is 18.0 Å². The third kappa shape index (κ3) is 4.07. The highest BCUT2D eigenvalue weighted by Crippen LogP contribution is 2.28. The van der Waals surface area contributed by atoms with Gasteiger partial charge in [0, 0.05) is 11.4 Å². The zero-order valence-corrected chi connectivity index (χ0v) is 14.6. The number of nitrogens with zero attached hydrogens (tertiary/aromatic N) is 1. The highest BCUT2D eigenvalue weighted by atomic mass is 32.1. The summed E-state index contributed by atoms with van der Waals surface area (Å²) in [4.78, 5) is 16.0. The Morgan fingerprint density at radius 3 is 2.75 bits per heavy atom. The monoisotopic (exact) mass is 345 g/mol. The summed E-state index contributed by atoms with van der Waals surface area (Å²) in [6.07, 6.45) is 2.46. The lowest BCUT2D eigenvalue weighted by Crippen LogP contribution is -2.38. The Hall–Kier alpha value is -2.05. The zero-order valence-electron chi connectivity index (χ0n) is 13.8. The molecule has 6 heteroatoms. The fourth-order valence-electron chi connectivity index (χ4n) is 3.05. The van der Waals surface area contributed by atoms with Crippen LogP contribution in [0.3, 0.4) is 0 Å². The molecule has 3 rings (SSSR count). The number of urea groups is 1. The van der Waals surface area contributed by atoms with Crippen molar-refractivity contribution in [3.8, 4) is 5.75 Å². The molecule has 1 aliphatic rings. The third-order valence-electron chi connectivity index (χ3n) is 4.26. The fraction of sp³-hybridized carbons (Fsp3) is 0.389. The van der Waals surface area contributed by atoms with Gasteiger partial charge in [-0.05, 0) is 49.5 Å². The lowest BCUT2D eigenvalue weighted by Gasteiger charge is -2.27. The van der Waals surface area contributed by atoms with Gasteiger partial charge in [0.2, 0.25) is 0 Å². The molecular formula is C18H23N3O2S. The van der Waals surface area contributed by atoms with E-state index >= 15 is 0 Å². The van der Waals surface area contributed by atoms with Crippen LogP contribution < -0.4 is 15.4 Å². The van der Waals surface area contributed by atoms with Crippen LogP contribution in [-0.2, 0) is 0 Å². The van der Waals surface area contributed by atoms with Crippen molar-refractivity contribution >= 4 is 23.1 Å². The Morgan fingerprint density at radius 1 is 1.25 bits per heavy atom. The minimum Gasteiger partial charge on any atom is -0.495 e. The van der Waals surface area contributed by atoms with Crippen molar-refractivity contribution in [3.63, 3.8) is 0 Å². The molecule has 24 heavy (non-hydrogen) atoms. The third-order valence-corrected chi connectivity index (χ3v) is 5.24. The molecule has 0 aliphatic carbocycles. The van der Waals surface area contributed by atoms with Gasteiger partial charge in [-0.3, -0.25) is 4.90 Å². The van der Waals surface area contributed by atoms with Gasteiger partial charge < -0.3 is 15.4 Å². The second kappa shape index (κ2) is 8.17. The first kappa shape index (κ1) is 16.8. The van der Waals surface area contributed by atoms with Crippen molar-refractivity contribution in [1.29, 1.82) is 0 Å². The maximum absolute atomic E-state index is 12.3. The summed E-state index contributed by atoms with van der Waals surface area (Å²) in [5.41, 5.74) is 0.673. The number of thiophene rings is 1. The number of likely N-dealkylation sites (tertiary alicyclic amines) is 1. The van der Waals surface area contributed by atoms with Crippen molar-refractivity contribution in [3.05, 3.63) is 46.7 Å². The van der Waals surface area contributed by atoms with E-state index in [4.69, 9.17) is 4.74 Å². The number of methoxy groups -OCH3 is 1. The molecule has 0 radical (unpaired) electrons. The highest BCUT2D eigenvalue weighted by Gasteiger charge is 2.24. The van der Waals surface area contributed by atoms with E-state index < -0.39 is 0 Å². The van der Waals surface area contributed by atoms with Crippen LogP contribution in [0.25, 0.3) is 0 Å². The number of hydrogen-bond acceptors (Lipinski definition) is 4. The van der Waals surface area contributed by atoms with Gasteiger partial charge in [0.15, 0.2) is 0 Å². The number of benzene rings is 1. The normalized spacial score (nSPS) is 15.9. The summed E-state index contributed by atoms with van der Waals surface area (Å²) < 4.78 is 5.26. The van der Waals surface area contributed by atoms with Crippen LogP contribution in [-0.4, -0.2) is 37.7 Å². The van der Waals surface area contributed by atoms with E-state index in [1.807, 2.05) is 24.3 Å². The predicted molar refractivity (Wildman–Crippen MR) is 97.9 cm³/mol. The van der Waals surface area contributed by atoms with Crippen LogP contribution in [0.4, 0.5) is 10.5 Å². The van der Waals surface area contributed by atoms with Gasteiger partial charge in [0.25, 0.3) is 0 Å². The first-order valence-electron chi connectivity index (χ1n) is 8.23. The van der Waals surface area contributed by atoms with E-state index in [2.05, 4.69) is 33.0 Å². The van der Waals surface area contributed by atoms with Gasteiger partial charge in [-0.2, -0.15) is 0 Å². The lowest BCUT2D eigenvalue weighted by molar-refractivity contribution is 0.229. The van der Waals surface area contributed by atoms with Gasteiger partial charge in [-0.1, -0.05) is 18.2 Å². The molecule has 0 spiro atoms. The average molecular weight is 345 g/mol. The topological polar surface area (TPSA) is 53.6 Å². The standard InChI is InChI=1S/C18H23N3O2S/c1-23-16-8-3-2-7-14(16)20-18(22)19-13-15(17-9-6-12-24-17)21-10-4-5-11-21/h2-3,6-9,12,15H,4-5,10-11,13H2,1H3,(H2,19,20,22). The van der Waals surface area contributed by atoms with Gasteiger partial charge in [0.1, 0.15) is 5.75 Å². The quantitative estimate of drug-likeness (QED) is 0.839. The molecule has 1 aliphatic heterocycles. The minimum absolute atomic E-state index is 0.208. The van der Waals surface area contributed by atoms with Crippen molar-refractivity contribution in [2.24, 2.45) is 0 Å². The molecule has 0 saturated carbocycles. The SMILES string of the molecule is COc1ccccc1NC(=O)NCC(c1cccs1)N1CCCC1. The van der Waals surface area contributed by atoms with Crippen molar-refractivity contribution in [1.82, 2.24) is 10.2 Å². The Bertz CT molecular complexity index is 654. The number of hydrogen-bond donors (Lipinski definition) is 2. The smallest absolute Gasteiger partial charge is 0.319 e. The van der Waals surface area contributed by atoms with Gasteiger partial charge in [0.05, 0.1) is 18.8 Å². The number of nitrogens with one attached hydrogen (secondary N) is 2. The van der Waals surface area contributed by atoms with Gasteiger partial charge >= 0.3 is 6.03 Å². The number of carbonyl (C=O) groups is 1. The van der Waals surface area contributed by atoms with Crippen molar-refractivity contribution < 1.29 is 9.53 Å². The Morgan fingerprint density at radius 2 is 2.04 bits per heavy atom. The molecule has 2 heterocycles. The molecule has 1 fully saturated rings. The second-order valence-electron chi connectivity index (χ2n) is 5.81. The Balaban J connectivity index is 1.61. The zero-order chi connectivity index (χ0) is 16.8. The summed E-state index contributed by atoms with van der Waals surface area (Å²) in [6.45, 7) is 2.79. The van der Waals surface area contributed by atoms with Crippen molar-refractivity contribution in [2.45, 2.75) is 18.9 Å². The second-order valence-corrected chi connectivity index (χ2v) is 6.79. The maximum Gasteiger partial charge on any atom is 0.319 e. The Kier molecular flexibility index (Phi) is 5.72. The summed E-state index contributed by atoms with van der Waals surface area (Å²) >= 11 is 1.75. The Labute approximate surface area is 146 Å². The predicted octanol–water partition coefficient (Wildman–Crippen LogP) is 3.72. The highest BCUT2D eigenvalue weighted by molar-refractivity contribution is 7.10. The van der Waals surface area contributed by atoms with Crippen LogP contribution in [0.2, 0.25) is 0 Å². The molecule has 0 bridgehead atoms. The number of carbonyl (C=O) groups excluding carboxylic acids is 1. The average Bonchev–Trinajstić information content (AvgIpc) is 3.30. The van der Waals surface area contributed by atoms with Gasteiger partial charge in [-0.25, -0.2) is 4.79 Å². The van der Waals surface area contributed by atoms with Crippen LogP contribution in [0, 0.1) is 0 Å². The molecule has 1 atom stereocenters. The number of para-hydroxylation sites is 2. The van der Waals surface area contributed by atoms with Gasteiger partial charge in [-0.15, -0.1) is 11.3 Å². The number of amides is 2. The number of anilines is 1. The molecule has 128 valence electrons. The number of ether oxygens (including phenoxy) is 1. The van der Waals surface area contributed by atoms with Crippen LogP contribution in [0.1, 0.15) is 23.8 Å². The molecular weight excluding hydrogens is 322 g/mol. The van der Waals surface area contributed by atoms with Crippen LogP contribution >= 0.6 is 11.3 Å². The largest absolute Gasteiger partial charge is 0.495 e. The van der Waals surface area contributed by atoms with E-state index in [1.165, 1.54) is 17.7 Å². The molecule has 2 N–H and O–H groups in total. The lowest BCUT2D eigenvalue weighted by atomic mass is 10.2. The van der Waals surface area contributed by atoms with E-state index in [9.17, 15) is 4.79 Å². The first-order chi connectivity index (χ1) is 11.8. The minimum atomic E-state index is -0.208. The molecule has 1 aromatic heterocycles. The van der Waals surface area contributed by atoms with Crippen molar-refractivity contribution in [2.75, 3.05) is 32.1 Å². The summed E-state index contributed by atoms with van der Waals surface area (Å²) in [7, 11) is 1.60. The summed E-state index contributed by atoms with van der Waals surface area (Å²) in [5.74, 6) is 0.655. The summed E-state index contributed by atoms with van der Waals surface area (Å²) in [6, 6.07) is 11.7. The summed E-state index contributed by atoms with van der Waals surface area (Å²) in [5, 5.41) is 7.96. The maximum atomic E-state index is 12.3. The van der Waals surface area contributed by atoms with E-state index in [0.717, 1.165) is 13.1 Å². The molecule has 1 unspecified atom stereocenters. The van der Waals surface area contributed by atoms with E-state index in [1.54, 1.807) is 18.4 Å². The van der Waals surface area contributed by atoms with Crippen LogP contribution in [0.5, 0.6) is 5.75 Å². The fourth-order valence-corrected chi connectivity index (χ4v) is 3.91.